The van der Waals surface area contributed by atoms with E-state index in [4.69, 9.17) is 17.3 Å². The number of nitriles is 1. The van der Waals surface area contributed by atoms with Gasteiger partial charge in [0.1, 0.15) is 17.5 Å². The second-order valence-electron chi connectivity index (χ2n) is 5.00. The van der Waals surface area contributed by atoms with Gasteiger partial charge in [-0.3, -0.25) is 0 Å². The van der Waals surface area contributed by atoms with Crippen LogP contribution in [0.25, 0.3) is 0 Å². The Morgan fingerprint density at radius 1 is 1.17 bits per heavy atom. The lowest BCUT2D eigenvalue weighted by molar-refractivity contribution is 0.700. The van der Waals surface area contributed by atoms with E-state index in [0.29, 0.717) is 28.8 Å². The Labute approximate surface area is 138 Å². The molecule has 3 N–H and O–H groups in total. The summed E-state index contributed by atoms with van der Waals surface area (Å²) in [5.74, 6) is 0.754. The highest BCUT2D eigenvalue weighted by Crippen LogP contribution is 2.26. The van der Waals surface area contributed by atoms with Gasteiger partial charge in [-0.05, 0) is 23.8 Å². The van der Waals surface area contributed by atoms with Crippen molar-refractivity contribution in [1.29, 1.82) is 5.26 Å². The number of aromatic nitrogens is 2. The van der Waals surface area contributed by atoms with E-state index >= 15 is 0 Å². The van der Waals surface area contributed by atoms with E-state index in [1.165, 1.54) is 0 Å². The first-order valence-electron chi connectivity index (χ1n) is 7.00. The molecule has 114 valence electrons. The summed E-state index contributed by atoms with van der Waals surface area (Å²) in [4.78, 5) is 0. The summed E-state index contributed by atoms with van der Waals surface area (Å²) in [6, 6.07) is 19.1. The maximum absolute atomic E-state index is 9.36. The number of hydrogen-bond acceptors (Lipinski definition) is 4. The highest BCUT2D eigenvalue weighted by atomic mass is 35.5. The van der Waals surface area contributed by atoms with Crippen LogP contribution in [0, 0.1) is 11.3 Å². The molecule has 0 amide bonds. The third-order valence-corrected chi connectivity index (χ3v) is 3.60. The highest BCUT2D eigenvalue weighted by Gasteiger charge is 2.16. The molecule has 0 bridgehead atoms. The van der Waals surface area contributed by atoms with Crippen LogP contribution in [-0.4, -0.2) is 9.78 Å². The van der Waals surface area contributed by atoms with Crippen LogP contribution in [0.3, 0.4) is 0 Å². The topological polar surface area (TPSA) is 79.7 Å². The zero-order valence-corrected chi connectivity index (χ0v) is 13.0. The number of nitrogen functional groups attached to an aromatic ring is 1. The molecule has 5 nitrogen and oxygen atoms in total. The van der Waals surface area contributed by atoms with Crippen LogP contribution in [0.15, 0.2) is 54.6 Å². The van der Waals surface area contributed by atoms with Gasteiger partial charge in [-0.15, -0.1) is 0 Å². The Balaban J connectivity index is 1.92. The zero-order chi connectivity index (χ0) is 16.2. The fraction of sp³-hybridized carbons (Fsp3) is 0.0588. The molecule has 0 aliphatic heterocycles. The summed E-state index contributed by atoms with van der Waals surface area (Å²) in [6.45, 7) is 0.499. The fourth-order valence-corrected chi connectivity index (χ4v) is 2.44. The summed E-state index contributed by atoms with van der Waals surface area (Å²) in [7, 11) is 0. The third kappa shape index (κ3) is 3.28. The lowest BCUT2D eigenvalue weighted by atomic mass is 10.2. The second-order valence-corrected chi connectivity index (χ2v) is 5.44. The normalized spacial score (nSPS) is 10.3. The summed E-state index contributed by atoms with van der Waals surface area (Å²) in [5.41, 5.74) is 8.18. The van der Waals surface area contributed by atoms with Crippen molar-refractivity contribution in [2.45, 2.75) is 6.54 Å². The van der Waals surface area contributed by atoms with Gasteiger partial charge >= 0.3 is 0 Å². The maximum atomic E-state index is 9.36. The number of hydrogen-bond donors (Lipinski definition) is 2. The minimum Gasteiger partial charge on any atom is -0.383 e. The average molecular weight is 324 g/mol. The van der Waals surface area contributed by atoms with Gasteiger partial charge in [0.15, 0.2) is 5.82 Å². The molecule has 2 aromatic carbocycles. The number of anilines is 3. The molecule has 6 heteroatoms. The van der Waals surface area contributed by atoms with E-state index in [2.05, 4.69) is 16.5 Å². The molecule has 3 rings (SSSR count). The summed E-state index contributed by atoms with van der Waals surface area (Å²) in [6.07, 6.45) is 0. The SMILES string of the molecule is N#Cc1c(Nc2cccc(Cl)c2)nn(Cc2ccccc2)c1N. The number of rotatable bonds is 4. The maximum Gasteiger partial charge on any atom is 0.172 e. The molecule has 0 unspecified atom stereocenters. The number of nitrogens with one attached hydrogen (secondary N) is 1. The van der Waals surface area contributed by atoms with Gasteiger partial charge in [-0.25, -0.2) is 4.68 Å². The van der Waals surface area contributed by atoms with E-state index < -0.39 is 0 Å². The van der Waals surface area contributed by atoms with Crippen molar-refractivity contribution in [3.63, 3.8) is 0 Å². The third-order valence-electron chi connectivity index (χ3n) is 3.37. The smallest absolute Gasteiger partial charge is 0.172 e. The second kappa shape index (κ2) is 6.42. The van der Waals surface area contributed by atoms with Crippen molar-refractivity contribution >= 4 is 28.9 Å². The molecule has 0 fully saturated rings. The zero-order valence-electron chi connectivity index (χ0n) is 12.2. The van der Waals surface area contributed by atoms with Crippen LogP contribution in [0.4, 0.5) is 17.3 Å². The molecule has 0 saturated heterocycles. The predicted molar refractivity (Wildman–Crippen MR) is 91.6 cm³/mol. The lowest BCUT2D eigenvalue weighted by Crippen LogP contribution is -2.06. The first kappa shape index (κ1) is 14.9. The molecular weight excluding hydrogens is 310 g/mol. The Bertz CT molecular complexity index is 864. The number of nitrogens with two attached hydrogens (primary N) is 1. The van der Waals surface area contributed by atoms with Gasteiger partial charge in [0.05, 0.1) is 6.54 Å². The number of halogens is 1. The Hall–Kier alpha value is -2.97. The summed E-state index contributed by atoms with van der Waals surface area (Å²) < 4.78 is 1.61. The quantitative estimate of drug-likeness (QED) is 0.765. The van der Waals surface area contributed by atoms with Crippen LogP contribution in [0.2, 0.25) is 5.02 Å². The summed E-state index contributed by atoms with van der Waals surface area (Å²) in [5, 5.41) is 17.5. The van der Waals surface area contributed by atoms with Crippen LogP contribution < -0.4 is 11.1 Å². The van der Waals surface area contributed by atoms with Gasteiger partial charge in [0, 0.05) is 10.7 Å². The minimum absolute atomic E-state index is 0.320. The van der Waals surface area contributed by atoms with Crippen molar-refractivity contribution in [1.82, 2.24) is 9.78 Å². The molecule has 0 aliphatic rings. The average Bonchev–Trinajstić information content (AvgIpc) is 2.83. The van der Waals surface area contributed by atoms with E-state index in [-0.39, 0.29) is 0 Å². The minimum atomic E-state index is 0.320. The van der Waals surface area contributed by atoms with E-state index in [0.717, 1.165) is 11.3 Å². The molecule has 0 radical (unpaired) electrons. The standard InChI is InChI=1S/C17H14ClN5/c18-13-7-4-8-14(9-13)21-17-15(10-19)16(20)23(22-17)11-12-5-2-1-3-6-12/h1-9H,11,20H2,(H,21,22). The van der Waals surface area contributed by atoms with Gasteiger partial charge in [0.2, 0.25) is 0 Å². The first-order chi connectivity index (χ1) is 11.2. The molecule has 3 aromatic rings. The Kier molecular flexibility index (Phi) is 4.18. The van der Waals surface area contributed by atoms with E-state index in [1.807, 2.05) is 42.5 Å². The summed E-state index contributed by atoms with van der Waals surface area (Å²) >= 11 is 5.97. The molecule has 1 aromatic heterocycles. The van der Waals surface area contributed by atoms with Gasteiger partial charge in [-0.1, -0.05) is 48.0 Å². The fourth-order valence-electron chi connectivity index (χ4n) is 2.25. The molecule has 23 heavy (non-hydrogen) atoms. The van der Waals surface area contributed by atoms with Gasteiger partial charge in [0.25, 0.3) is 0 Å². The molecule has 0 spiro atoms. The number of benzene rings is 2. The highest BCUT2D eigenvalue weighted by molar-refractivity contribution is 6.30. The Morgan fingerprint density at radius 2 is 1.96 bits per heavy atom. The van der Waals surface area contributed by atoms with Crippen molar-refractivity contribution in [3.8, 4) is 6.07 Å². The van der Waals surface area contributed by atoms with Crippen LogP contribution in [-0.2, 0) is 6.54 Å². The largest absolute Gasteiger partial charge is 0.383 e. The van der Waals surface area contributed by atoms with E-state index in [9.17, 15) is 5.26 Å². The van der Waals surface area contributed by atoms with Gasteiger partial charge < -0.3 is 11.1 Å². The van der Waals surface area contributed by atoms with Crippen molar-refractivity contribution in [2.24, 2.45) is 0 Å². The Morgan fingerprint density at radius 3 is 2.65 bits per heavy atom. The molecule has 0 saturated carbocycles. The van der Waals surface area contributed by atoms with Crippen molar-refractivity contribution in [2.75, 3.05) is 11.1 Å². The predicted octanol–water partition coefficient (Wildman–Crippen LogP) is 3.78. The molecule has 1 heterocycles. The van der Waals surface area contributed by atoms with Crippen LogP contribution in [0.5, 0.6) is 0 Å². The monoisotopic (exact) mass is 323 g/mol. The van der Waals surface area contributed by atoms with Crippen molar-refractivity contribution < 1.29 is 0 Å². The van der Waals surface area contributed by atoms with Crippen LogP contribution in [0.1, 0.15) is 11.1 Å². The van der Waals surface area contributed by atoms with Crippen molar-refractivity contribution in [3.05, 3.63) is 70.7 Å². The first-order valence-corrected chi connectivity index (χ1v) is 7.38. The van der Waals surface area contributed by atoms with E-state index in [1.54, 1.807) is 16.8 Å². The van der Waals surface area contributed by atoms with Crippen LogP contribution >= 0.6 is 11.6 Å². The lowest BCUT2D eigenvalue weighted by Gasteiger charge is -2.04. The molecule has 0 aliphatic carbocycles. The molecular formula is C17H14ClN5. The number of nitrogens with zero attached hydrogens (tertiary/aromatic N) is 3. The van der Waals surface area contributed by atoms with Gasteiger partial charge in [-0.2, -0.15) is 10.4 Å². The molecule has 0 atom stereocenters.